The standard InChI is InChI=1S/C11H26N2O2/c1-4-10(8-14)12-6-7-13-11(3,5-2)9-15/h10,12-15H,4-9H2,1-3H3/t10-,11-/m0/s1. The van der Waals surface area contributed by atoms with Crippen molar-refractivity contribution >= 4 is 0 Å². The number of hydrogen-bond acceptors (Lipinski definition) is 4. The molecule has 4 heteroatoms. The van der Waals surface area contributed by atoms with E-state index in [-0.39, 0.29) is 24.8 Å². The van der Waals surface area contributed by atoms with Crippen molar-refractivity contribution < 1.29 is 10.2 Å². The molecule has 4 nitrogen and oxygen atoms in total. The number of nitrogens with one attached hydrogen (secondary N) is 2. The molecular weight excluding hydrogens is 192 g/mol. The molecule has 0 rings (SSSR count). The Morgan fingerprint density at radius 1 is 1.20 bits per heavy atom. The van der Waals surface area contributed by atoms with Gasteiger partial charge in [0.05, 0.1) is 13.2 Å². The number of rotatable bonds is 9. The molecule has 0 aromatic rings. The highest BCUT2D eigenvalue weighted by molar-refractivity contribution is 4.80. The Labute approximate surface area is 93.1 Å². The Hall–Kier alpha value is -0.160. The molecule has 0 aliphatic carbocycles. The first-order valence-electron chi connectivity index (χ1n) is 5.82. The highest BCUT2D eigenvalue weighted by Crippen LogP contribution is 2.06. The van der Waals surface area contributed by atoms with E-state index >= 15 is 0 Å². The van der Waals surface area contributed by atoms with Gasteiger partial charge < -0.3 is 20.8 Å². The summed E-state index contributed by atoms with van der Waals surface area (Å²) in [4.78, 5) is 0. The summed E-state index contributed by atoms with van der Waals surface area (Å²) in [7, 11) is 0. The first kappa shape index (κ1) is 14.8. The highest BCUT2D eigenvalue weighted by Gasteiger charge is 2.19. The quantitative estimate of drug-likeness (QED) is 0.414. The second-order valence-corrected chi connectivity index (χ2v) is 4.24. The summed E-state index contributed by atoms with van der Waals surface area (Å²) in [6.07, 6.45) is 1.84. The maximum atomic E-state index is 9.16. The zero-order valence-electron chi connectivity index (χ0n) is 10.2. The van der Waals surface area contributed by atoms with Gasteiger partial charge in [0.15, 0.2) is 0 Å². The second-order valence-electron chi connectivity index (χ2n) is 4.24. The van der Waals surface area contributed by atoms with Crippen LogP contribution in [-0.2, 0) is 0 Å². The second kappa shape index (κ2) is 8.05. The molecule has 2 atom stereocenters. The minimum atomic E-state index is -0.178. The van der Waals surface area contributed by atoms with Crippen LogP contribution in [0, 0.1) is 0 Å². The lowest BCUT2D eigenvalue weighted by atomic mass is 10.0. The Morgan fingerprint density at radius 2 is 1.87 bits per heavy atom. The van der Waals surface area contributed by atoms with Crippen LogP contribution in [0.15, 0.2) is 0 Å². The third-order valence-electron chi connectivity index (χ3n) is 2.95. The van der Waals surface area contributed by atoms with E-state index in [2.05, 4.69) is 17.6 Å². The molecule has 0 saturated heterocycles. The summed E-state index contributed by atoms with van der Waals surface area (Å²) in [5.74, 6) is 0. The fraction of sp³-hybridized carbons (Fsp3) is 1.00. The molecule has 15 heavy (non-hydrogen) atoms. The summed E-state index contributed by atoms with van der Waals surface area (Å²) >= 11 is 0. The number of hydrogen-bond donors (Lipinski definition) is 4. The first-order chi connectivity index (χ1) is 7.11. The molecule has 0 spiro atoms. The molecule has 4 N–H and O–H groups in total. The van der Waals surface area contributed by atoms with Gasteiger partial charge in [-0.05, 0) is 19.8 Å². The smallest absolute Gasteiger partial charge is 0.0610 e. The third-order valence-corrected chi connectivity index (χ3v) is 2.95. The van der Waals surface area contributed by atoms with Crippen molar-refractivity contribution in [3.05, 3.63) is 0 Å². The van der Waals surface area contributed by atoms with Gasteiger partial charge in [-0.15, -0.1) is 0 Å². The van der Waals surface area contributed by atoms with E-state index in [1.54, 1.807) is 0 Å². The van der Waals surface area contributed by atoms with E-state index < -0.39 is 0 Å². The van der Waals surface area contributed by atoms with Crippen molar-refractivity contribution in [3.63, 3.8) is 0 Å². The van der Waals surface area contributed by atoms with Crippen LogP contribution < -0.4 is 10.6 Å². The molecule has 0 bridgehead atoms. The highest BCUT2D eigenvalue weighted by atomic mass is 16.3. The Bertz CT molecular complexity index is 146. The average molecular weight is 218 g/mol. The van der Waals surface area contributed by atoms with Crippen molar-refractivity contribution in [3.8, 4) is 0 Å². The van der Waals surface area contributed by atoms with Gasteiger partial charge in [0.1, 0.15) is 0 Å². The molecule has 0 aliphatic heterocycles. The van der Waals surface area contributed by atoms with Crippen molar-refractivity contribution in [2.24, 2.45) is 0 Å². The summed E-state index contributed by atoms with van der Waals surface area (Å²) in [6.45, 7) is 8.07. The van der Waals surface area contributed by atoms with Crippen LogP contribution in [0.4, 0.5) is 0 Å². The Kier molecular flexibility index (Phi) is 7.96. The zero-order chi connectivity index (χ0) is 11.7. The van der Waals surface area contributed by atoms with Crippen LogP contribution in [0.5, 0.6) is 0 Å². The topological polar surface area (TPSA) is 64.5 Å². The molecule has 0 heterocycles. The summed E-state index contributed by atoms with van der Waals surface area (Å²) in [5.41, 5.74) is -0.178. The van der Waals surface area contributed by atoms with E-state index in [4.69, 9.17) is 10.2 Å². The average Bonchev–Trinajstić information content (AvgIpc) is 2.29. The molecule has 0 aliphatic rings. The normalized spacial score (nSPS) is 17.4. The van der Waals surface area contributed by atoms with Gasteiger partial charge in [0, 0.05) is 24.7 Å². The molecule has 92 valence electrons. The lowest BCUT2D eigenvalue weighted by Gasteiger charge is -2.27. The van der Waals surface area contributed by atoms with Gasteiger partial charge >= 0.3 is 0 Å². The fourth-order valence-corrected chi connectivity index (χ4v) is 1.27. The lowest BCUT2D eigenvalue weighted by Crippen LogP contribution is -2.48. The maximum Gasteiger partial charge on any atom is 0.0610 e. The monoisotopic (exact) mass is 218 g/mol. The largest absolute Gasteiger partial charge is 0.395 e. The molecule has 0 radical (unpaired) electrons. The molecule has 0 unspecified atom stereocenters. The van der Waals surface area contributed by atoms with Gasteiger partial charge in [0.2, 0.25) is 0 Å². The van der Waals surface area contributed by atoms with Crippen LogP contribution in [0.25, 0.3) is 0 Å². The van der Waals surface area contributed by atoms with Crippen LogP contribution in [0.2, 0.25) is 0 Å². The van der Waals surface area contributed by atoms with Gasteiger partial charge in [0.25, 0.3) is 0 Å². The molecule has 0 aromatic carbocycles. The van der Waals surface area contributed by atoms with Gasteiger partial charge in [-0.1, -0.05) is 13.8 Å². The van der Waals surface area contributed by atoms with Crippen LogP contribution in [0.1, 0.15) is 33.6 Å². The molecule has 0 amide bonds. The van der Waals surface area contributed by atoms with Crippen LogP contribution in [-0.4, -0.2) is 48.1 Å². The molecule has 0 fully saturated rings. The predicted molar refractivity (Wildman–Crippen MR) is 63.0 cm³/mol. The maximum absolute atomic E-state index is 9.16. The van der Waals surface area contributed by atoms with E-state index in [9.17, 15) is 0 Å². The van der Waals surface area contributed by atoms with Crippen LogP contribution >= 0.6 is 0 Å². The van der Waals surface area contributed by atoms with Crippen LogP contribution in [0.3, 0.4) is 0 Å². The Balaban J connectivity index is 3.60. The summed E-state index contributed by atoms with van der Waals surface area (Å²) in [6, 6.07) is 0.189. The lowest BCUT2D eigenvalue weighted by molar-refractivity contribution is 0.169. The SMILES string of the molecule is CC[C@@H](CO)NCCN[C@@](C)(CC)CO. The van der Waals surface area contributed by atoms with Crippen molar-refractivity contribution in [2.75, 3.05) is 26.3 Å². The van der Waals surface area contributed by atoms with Crippen molar-refractivity contribution in [1.82, 2.24) is 10.6 Å². The predicted octanol–water partition coefficient (Wildman–Crippen LogP) is 0.0975. The fourth-order valence-electron chi connectivity index (χ4n) is 1.27. The number of aliphatic hydroxyl groups excluding tert-OH is 2. The molecule has 0 saturated carbocycles. The Morgan fingerprint density at radius 3 is 2.27 bits per heavy atom. The summed E-state index contributed by atoms with van der Waals surface area (Å²) in [5, 5.41) is 24.7. The van der Waals surface area contributed by atoms with Gasteiger partial charge in [-0.2, -0.15) is 0 Å². The van der Waals surface area contributed by atoms with E-state index in [1.165, 1.54) is 0 Å². The molecular formula is C11H26N2O2. The zero-order valence-corrected chi connectivity index (χ0v) is 10.2. The van der Waals surface area contributed by atoms with Gasteiger partial charge in [-0.3, -0.25) is 0 Å². The van der Waals surface area contributed by atoms with E-state index in [1.807, 2.05) is 13.8 Å². The minimum absolute atomic E-state index is 0.153. The summed E-state index contributed by atoms with van der Waals surface area (Å²) < 4.78 is 0. The van der Waals surface area contributed by atoms with Gasteiger partial charge in [-0.25, -0.2) is 0 Å². The van der Waals surface area contributed by atoms with E-state index in [0.29, 0.717) is 0 Å². The molecule has 0 aromatic heterocycles. The number of aliphatic hydroxyl groups is 2. The van der Waals surface area contributed by atoms with Crippen molar-refractivity contribution in [2.45, 2.75) is 45.2 Å². The minimum Gasteiger partial charge on any atom is -0.395 e. The third kappa shape index (κ3) is 6.10. The van der Waals surface area contributed by atoms with Crippen molar-refractivity contribution in [1.29, 1.82) is 0 Å². The van der Waals surface area contributed by atoms with E-state index in [0.717, 1.165) is 25.9 Å². The first-order valence-corrected chi connectivity index (χ1v) is 5.82.